The quantitative estimate of drug-likeness (QED) is 0.463. The van der Waals surface area contributed by atoms with E-state index in [2.05, 4.69) is 11.3 Å². The monoisotopic (exact) mass is 312 g/mol. The van der Waals surface area contributed by atoms with Crippen molar-refractivity contribution in [2.75, 3.05) is 0 Å². The highest BCUT2D eigenvalue weighted by Crippen LogP contribution is 2.40. The number of halogens is 2. The van der Waals surface area contributed by atoms with Gasteiger partial charge >= 0.3 is 21.3 Å². The van der Waals surface area contributed by atoms with E-state index in [-0.39, 0.29) is 12.3 Å². The highest BCUT2D eigenvalue weighted by Gasteiger charge is 2.56. The molecule has 0 heterocycles. The topological polar surface area (TPSA) is 80.7 Å². The molecule has 1 saturated carbocycles. The molecule has 0 aromatic heterocycles. The number of esters is 1. The number of alkyl halides is 2. The summed E-state index contributed by atoms with van der Waals surface area (Å²) in [5, 5.41) is -4.96. The summed E-state index contributed by atoms with van der Waals surface area (Å²) in [6, 6.07) is 0. The molecule has 1 N–H and O–H groups in total. The standard InChI is InChI=1S/C12H18F2O5S/c1-4-11(3,7-9-6-5-8(9)2)19-10(15)12(13,14)20(16,17)18/h9H,2,4-7H2,1,3H3,(H,16,17,18)/t9?,11-/m1/s1. The second kappa shape index (κ2) is 5.40. The molecule has 1 rings (SSSR count). The Morgan fingerprint density at radius 2 is 2.10 bits per heavy atom. The van der Waals surface area contributed by atoms with Crippen molar-refractivity contribution in [3.8, 4) is 0 Å². The maximum atomic E-state index is 13.2. The van der Waals surface area contributed by atoms with E-state index in [1.54, 1.807) is 6.92 Å². The van der Waals surface area contributed by atoms with Gasteiger partial charge in [-0.3, -0.25) is 4.55 Å². The minimum atomic E-state index is -5.84. The highest BCUT2D eigenvalue weighted by molar-refractivity contribution is 7.87. The molecule has 1 aliphatic carbocycles. The van der Waals surface area contributed by atoms with Crippen LogP contribution in [0.25, 0.3) is 0 Å². The third-order valence-electron chi connectivity index (χ3n) is 3.72. The average molecular weight is 312 g/mol. The first-order valence-electron chi connectivity index (χ1n) is 6.19. The first-order valence-corrected chi connectivity index (χ1v) is 7.63. The van der Waals surface area contributed by atoms with Gasteiger partial charge < -0.3 is 4.74 Å². The maximum Gasteiger partial charge on any atom is 0.465 e. The molecule has 0 aromatic rings. The largest absolute Gasteiger partial charge is 0.465 e. The molecule has 2 atom stereocenters. The van der Waals surface area contributed by atoms with Crippen LogP contribution in [0.15, 0.2) is 12.2 Å². The van der Waals surface area contributed by atoms with Gasteiger partial charge in [-0.1, -0.05) is 19.1 Å². The zero-order chi connectivity index (χ0) is 15.8. The Labute approximate surface area is 116 Å². The van der Waals surface area contributed by atoms with Crippen LogP contribution in [0.1, 0.15) is 39.5 Å². The highest BCUT2D eigenvalue weighted by atomic mass is 32.2. The lowest BCUT2D eigenvalue weighted by atomic mass is 9.73. The van der Waals surface area contributed by atoms with E-state index in [9.17, 15) is 22.0 Å². The Morgan fingerprint density at radius 1 is 1.55 bits per heavy atom. The molecule has 116 valence electrons. The molecule has 1 unspecified atom stereocenters. The van der Waals surface area contributed by atoms with Crippen LogP contribution >= 0.6 is 0 Å². The summed E-state index contributed by atoms with van der Waals surface area (Å²) in [4.78, 5) is 11.3. The third kappa shape index (κ3) is 3.35. The number of ether oxygens (including phenoxy) is 1. The number of carbonyl (C=O) groups is 1. The first-order chi connectivity index (χ1) is 8.93. The maximum absolute atomic E-state index is 13.2. The summed E-state index contributed by atoms with van der Waals surface area (Å²) < 4.78 is 60.4. The predicted octanol–water partition coefficient (Wildman–Crippen LogP) is 2.54. The van der Waals surface area contributed by atoms with Crippen LogP contribution in [0.5, 0.6) is 0 Å². The smallest absolute Gasteiger partial charge is 0.454 e. The van der Waals surface area contributed by atoms with Crippen molar-refractivity contribution in [3.63, 3.8) is 0 Å². The summed E-state index contributed by atoms with van der Waals surface area (Å²) in [6.45, 7) is 6.90. The zero-order valence-corrected chi connectivity index (χ0v) is 12.2. The first kappa shape index (κ1) is 17.0. The van der Waals surface area contributed by atoms with Gasteiger partial charge in [-0.15, -0.1) is 0 Å². The Bertz CT molecular complexity index is 514. The van der Waals surface area contributed by atoms with Gasteiger partial charge in [0.25, 0.3) is 0 Å². The van der Waals surface area contributed by atoms with Crippen LogP contribution in [0, 0.1) is 5.92 Å². The fourth-order valence-corrected chi connectivity index (χ4v) is 2.22. The van der Waals surface area contributed by atoms with Gasteiger partial charge in [-0.25, -0.2) is 4.79 Å². The minimum absolute atomic E-state index is 0.0760. The van der Waals surface area contributed by atoms with Crippen molar-refractivity contribution in [3.05, 3.63) is 12.2 Å². The van der Waals surface area contributed by atoms with Gasteiger partial charge in [0.05, 0.1) is 0 Å². The molecule has 0 amide bonds. The normalized spacial score (nSPS) is 22.9. The fourth-order valence-electron chi connectivity index (χ4n) is 1.97. The zero-order valence-electron chi connectivity index (χ0n) is 11.4. The number of carbonyl (C=O) groups excluding carboxylic acids is 1. The lowest BCUT2D eigenvalue weighted by Gasteiger charge is -2.38. The lowest BCUT2D eigenvalue weighted by molar-refractivity contribution is -0.178. The average Bonchev–Trinajstić information content (AvgIpc) is 2.32. The number of allylic oxidation sites excluding steroid dienone is 1. The van der Waals surface area contributed by atoms with E-state index in [1.165, 1.54) is 6.92 Å². The van der Waals surface area contributed by atoms with Gasteiger partial charge in [-0.05, 0) is 38.5 Å². The lowest BCUT2D eigenvalue weighted by Crippen LogP contribution is -2.45. The molecule has 0 aromatic carbocycles. The summed E-state index contributed by atoms with van der Waals surface area (Å²) in [5.74, 6) is -2.18. The van der Waals surface area contributed by atoms with E-state index < -0.39 is 26.9 Å². The van der Waals surface area contributed by atoms with Gasteiger partial charge in [-0.2, -0.15) is 17.2 Å². The number of hydrogen-bond donors (Lipinski definition) is 1. The van der Waals surface area contributed by atoms with Crippen LogP contribution in [0.3, 0.4) is 0 Å². The van der Waals surface area contributed by atoms with Crippen LogP contribution in [0.2, 0.25) is 0 Å². The van der Waals surface area contributed by atoms with E-state index >= 15 is 0 Å². The molecule has 8 heteroatoms. The van der Waals surface area contributed by atoms with Crippen LogP contribution in [-0.4, -0.2) is 29.8 Å². The second-order valence-corrected chi connectivity index (χ2v) is 6.75. The van der Waals surface area contributed by atoms with Gasteiger partial charge in [0.1, 0.15) is 5.60 Å². The third-order valence-corrected chi connectivity index (χ3v) is 4.53. The SMILES string of the molecule is C=C1CCC1C[C@@](C)(CC)OC(=O)C(F)(F)S(=O)(=O)O. The summed E-state index contributed by atoms with van der Waals surface area (Å²) in [6.07, 6.45) is 2.22. The van der Waals surface area contributed by atoms with Crippen molar-refractivity contribution < 1.29 is 31.3 Å². The molecular formula is C12H18F2O5S. The number of hydrogen-bond acceptors (Lipinski definition) is 4. The summed E-state index contributed by atoms with van der Waals surface area (Å²) in [7, 11) is -5.84. The van der Waals surface area contributed by atoms with E-state index in [4.69, 9.17) is 4.55 Å². The molecule has 0 spiro atoms. The van der Waals surface area contributed by atoms with Crippen molar-refractivity contribution in [2.45, 2.75) is 50.4 Å². The Balaban J connectivity index is 2.82. The molecule has 0 saturated heterocycles. The van der Waals surface area contributed by atoms with Crippen LogP contribution < -0.4 is 0 Å². The molecule has 0 aliphatic heterocycles. The molecular weight excluding hydrogens is 294 g/mol. The van der Waals surface area contributed by atoms with Crippen molar-refractivity contribution in [1.29, 1.82) is 0 Å². The fraction of sp³-hybridized carbons (Fsp3) is 0.750. The second-order valence-electron chi connectivity index (χ2n) is 5.28. The van der Waals surface area contributed by atoms with Crippen LogP contribution in [0.4, 0.5) is 8.78 Å². The van der Waals surface area contributed by atoms with E-state index in [0.717, 1.165) is 18.4 Å². The van der Waals surface area contributed by atoms with Crippen molar-refractivity contribution in [2.24, 2.45) is 5.92 Å². The minimum Gasteiger partial charge on any atom is -0.454 e. The molecule has 0 bridgehead atoms. The Morgan fingerprint density at radius 3 is 2.40 bits per heavy atom. The van der Waals surface area contributed by atoms with Gasteiger partial charge in [0.2, 0.25) is 0 Å². The summed E-state index contributed by atoms with van der Waals surface area (Å²) in [5.41, 5.74) is -0.263. The molecule has 0 radical (unpaired) electrons. The molecule has 20 heavy (non-hydrogen) atoms. The Hall–Kier alpha value is -1.02. The van der Waals surface area contributed by atoms with E-state index in [1.807, 2.05) is 0 Å². The van der Waals surface area contributed by atoms with Gasteiger partial charge in [0.15, 0.2) is 0 Å². The molecule has 1 fully saturated rings. The van der Waals surface area contributed by atoms with Crippen LogP contribution in [-0.2, 0) is 19.6 Å². The molecule has 5 nitrogen and oxygen atoms in total. The summed E-state index contributed by atoms with van der Waals surface area (Å²) >= 11 is 0. The van der Waals surface area contributed by atoms with E-state index in [0.29, 0.717) is 6.42 Å². The predicted molar refractivity (Wildman–Crippen MR) is 67.8 cm³/mol. The van der Waals surface area contributed by atoms with Crippen molar-refractivity contribution >= 4 is 16.1 Å². The molecule has 1 aliphatic rings. The number of rotatable bonds is 6. The van der Waals surface area contributed by atoms with Crippen molar-refractivity contribution in [1.82, 2.24) is 0 Å². The Kier molecular flexibility index (Phi) is 4.60. The van der Waals surface area contributed by atoms with Gasteiger partial charge in [0, 0.05) is 0 Å².